The summed E-state index contributed by atoms with van der Waals surface area (Å²) in [4.78, 5) is 30.0. The minimum absolute atomic E-state index is 0.0316. The molecule has 9 heteroatoms. The summed E-state index contributed by atoms with van der Waals surface area (Å²) in [7, 11) is 4.00. The van der Waals surface area contributed by atoms with E-state index in [0.717, 1.165) is 23.4 Å². The van der Waals surface area contributed by atoms with E-state index in [4.69, 9.17) is 14.5 Å². The van der Waals surface area contributed by atoms with Crippen LogP contribution in [0.5, 0.6) is 5.88 Å². The van der Waals surface area contributed by atoms with Gasteiger partial charge in [0, 0.05) is 57.4 Å². The molecule has 2 aromatic heterocycles. The Morgan fingerprint density at radius 1 is 1.18 bits per heavy atom. The molecule has 1 aromatic carbocycles. The van der Waals surface area contributed by atoms with Gasteiger partial charge in [0.1, 0.15) is 0 Å². The summed E-state index contributed by atoms with van der Waals surface area (Å²) in [6.45, 7) is 2.15. The third-order valence-corrected chi connectivity index (χ3v) is 5.88. The molecule has 1 amide bonds. The van der Waals surface area contributed by atoms with E-state index in [2.05, 4.69) is 9.97 Å². The Morgan fingerprint density at radius 2 is 1.97 bits per heavy atom. The quantitative estimate of drug-likeness (QED) is 0.456. The zero-order chi connectivity index (χ0) is 23.9. The summed E-state index contributed by atoms with van der Waals surface area (Å²) in [5.74, 6) is 0.328. The molecule has 1 atom stereocenters. The first-order chi connectivity index (χ1) is 16.6. The third kappa shape index (κ3) is 5.60. The Bertz CT molecular complexity index is 1100. The average molecular weight is 466 g/mol. The second kappa shape index (κ2) is 11.2. The van der Waals surface area contributed by atoms with Gasteiger partial charge in [-0.1, -0.05) is 12.1 Å². The first kappa shape index (κ1) is 23.8. The largest absolute Gasteiger partial charge is 0.476 e. The van der Waals surface area contributed by atoms with Gasteiger partial charge in [-0.3, -0.25) is 9.78 Å². The first-order valence-corrected chi connectivity index (χ1v) is 11.6. The maximum absolute atomic E-state index is 12.7. The molecular weight excluding hydrogens is 434 g/mol. The average Bonchev–Trinajstić information content (AvgIpc) is 3.40. The lowest BCUT2D eigenvalue weighted by Crippen LogP contribution is -2.39. The number of hydrogen-bond acceptors (Lipinski definition) is 8. The molecule has 1 aliphatic rings. The number of carbonyl (C=O) groups is 1. The van der Waals surface area contributed by atoms with Gasteiger partial charge < -0.3 is 24.4 Å². The number of fused-ring (bicyclic) bond motifs is 1. The molecule has 1 aliphatic heterocycles. The van der Waals surface area contributed by atoms with E-state index in [1.54, 1.807) is 17.3 Å². The molecular formula is C25H31N5O4. The zero-order valence-corrected chi connectivity index (χ0v) is 19.7. The predicted molar refractivity (Wildman–Crippen MR) is 130 cm³/mol. The van der Waals surface area contributed by atoms with Gasteiger partial charge in [0.25, 0.3) is 0 Å². The normalized spacial score (nSPS) is 15.4. The highest BCUT2D eigenvalue weighted by Crippen LogP contribution is 2.28. The third-order valence-electron chi connectivity index (χ3n) is 5.88. The van der Waals surface area contributed by atoms with Gasteiger partial charge >= 0.3 is 0 Å². The van der Waals surface area contributed by atoms with Crippen molar-refractivity contribution in [3.63, 3.8) is 0 Å². The number of aliphatic hydroxyl groups excluding tert-OH is 1. The lowest BCUT2D eigenvalue weighted by molar-refractivity contribution is -0.136. The van der Waals surface area contributed by atoms with E-state index < -0.39 is 0 Å². The fraction of sp³-hybridized carbons (Fsp3) is 0.440. The van der Waals surface area contributed by atoms with Crippen molar-refractivity contribution in [1.29, 1.82) is 0 Å². The maximum atomic E-state index is 12.7. The lowest BCUT2D eigenvalue weighted by Gasteiger charge is -2.24. The molecule has 0 bridgehead atoms. The minimum Gasteiger partial charge on any atom is -0.476 e. The van der Waals surface area contributed by atoms with E-state index >= 15 is 0 Å². The van der Waals surface area contributed by atoms with Crippen LogP contribution in [-0.4, -0.2) is 84.5 Å². The molecule has 0 aliphatic carbocycles. The predicted octanol–water partition coefficient (Wildman–Crippen LogP) is 2.38. The number of amides is 1. The van der Waals surface area contributed by atoms with Crippen LogP contribution in [0.2, 0.25) is 0 Å². The van der Waals surface area contributed by atoms with Gasteiger partial charge in [0.15, 0.2) is 5.52 Å². The fourth-order valence-electron chi connectivity index (χ4n) is 3.99. The molecule has 3 heterocycles. The van der Waals surface area contributed by atoms with Crippen LogP contribution in [0.3, 0.4) is 0 Å². The first-order valence-electron chi connectivity index (χ1n) is 11.6. The number of hydrogen-bond donors (Lipinski definition) is 1. The fourth-order valence-corrected chi connectivity index (χ4v) is 3.99. The molecule has 1 saturated heterocycles. The summed E-state index contributed by atoms with van der Waals surface area (Å²) in [5.41, 5.74) is 4.13. The SMILES string of the molecule is CN(C)c1ccc(-c2cc3nccnc3c(OCCCN(CCO)C(=O)C3CCOC3)n2)cc1. The van der Waals surface area contributed by atoms with Gasteiger partial charge in [-0.25, -0.2) is 9.97 Å². The molecule has 180 valence electrons. The van der Waals surface area contributed by atoms with Crippen molar-refractivity contribution in [2.75, 3.05) is 58.5 Å². The smallest absolute Gasteiger partial charge is 0.242 e. The van der Waals surface area contributed by atoms with Crippen molar-refractivity contribution in [3.05, 3.63) is 42.7 Å². The van der Waals surface area contributed by atoms with Crippen molar-refractivity contribution < 1.29 is 19.4 Å². The van der Waals surface area contributed by atoms with E-state index in [1.165, 1.54) is 0 Å². The highest BCUT2D eigenvalue weighted by Gasteiger charge is 2.27. The number of aromatic nitrogens is 3. The Morgan fingerprint density at radius 3 is 2.68 bits per heavy atom. The highest BCUT2D eigenvalue weighted by molar-refractivity contribution is 5.83. The molecule has 0 spiro atoms. The van der Waals surface area contributed by atoms with Crippen molar-refractivity contribution in [3.8, 4) is 17.1 Å². The molecule has 0 saturated carbocycles. The molecule has 4 rings (SSSR count). The van der Waals surface area contributed by atoms with Crippen LogP contribution in [-0.2, 0) is 9.53 Å². The van der Waals surface area contributed by atoms with Crippen LogP contribution in [0.25, 0.3) is 22.3 Å². The number of aliphatic hydroxyl groups is 1. The Labute approximate surface area is 199 Å². The minimum atomic E-state index is -0.121. The number of anilines is 1. The van der Waals surface area contributed by atoms with Crippen LogP contribution in [0.15, 0.2) is 42.7 Å². The summed E-state index contributed by atoms with van der Waals surface area (Å²) < 4.78 is 11.4. The molecule has 1 unspecified atom stereocenters. The van der Waals surface area contributed by atoms with E-state index in [9.17, 15) is 9.90 Å². The Balaban J connectivity index is 1.46. The van der Waals surface area contributed by atoms with Crippen LogP contribution < -0.4 is 9.64 Å². The summed E-state index contributed by atoms with van der Waals surface area (Å²) in [6.07, 6.45) is 4.60. The molecule has 9 nitrogen and oxygen atoms in total. The van der Waals surface area contributed by atoms with Crippen molar-refractivity contribution >= 4 is 22.6 Å². The number of rotatable bonds is 10. The van der Waals surface area contributed by atoms with Crippen LogP contribution in [0.1, 0.15) is 12.8 Å². The van der Waals surface area contributed by atoms with Gasteiger partial charge in [-0.15, -0.1) is 0 Å². The Kier molecular flexibility index (Phi) is 7.87. The van der Waals surface area contributed by atoms with Crippen molar-refractivity contribution in [2.45, 2.75) is 12.8 Å². The molecule has 1 fully saturated rings. The van der Waals surface area contributed by atoms with Crippen molar-refractivity contribution in [2.24, 2.45) is 5.92 Å². The molecule has 0 radical (unpaired) electrons. The summed E-state index contributed by atoms with van der Waals surface area (Å²) in [5, 5.41) is 9.38. The topological polar surface area (TPSA) is 101 Å². The summed E-state index contributed by atoms with van der Waals surface area (Å²) >= 11 is 0. The van der Waals surface area contributed by atoms with E-state index in [0.29, 0.717) is 56.2 Å². The standard InChI is InChI=1S/C25H31N5O4/c1-29(2)20-6-4-18(5-7-20)21-16-22-23(27-10-9-26-22)24(28-21)34-14-3-11-30(12-13-31)25(32)19-8-15-33-17-19/h4-7,9-10,16,19,31H,3,8,11-15,17H2,1-2H3. The van der Waals surface area contributed by atoms with E-state index in [1.807, 2.05) is 49.3 Å². The molecule has 3 aromatic rings. The van der Waals surface area contributed by atoms with E-state index in [-0.39, 0.29) is 18.4 Å². The zero-order valence-electron chi connectivity index (χ0n) is 19.7. The Hall–Kier alpha value is -3.30. The molecule has 1 N–H and O–H groups in total. The number of benzene rings is 1. The van der Waals surface area contributed by atoms with Crippen LogP contribution in [0, 0.1) is 5.92 Å². The summed E-state index contributed by atoms with van der Waals surface area (Å²) in [6, 6.07) is 10.0. The number of carbonyl (C=O) groups excluding carboxylic acids is 1. The maximum Gasteiger partial charge on any atom is 0.242 e. The number of pyridine rings is 1. The van der Waals surface area contributed by atoms with Gasteiger partial charge in [0.2, 0.25) is 11.8 Å². The lowest BCUT2D eigenvalue weighted by atomic mass is 10.1. The second-order valence-electron chi connectivity index (χ2n) is 8.49. The highest BCUT2D eigenvalue weighted by atomic mass is 16.5. The number of ether oxygens (including phenoxy) is 2. The van der Waals surface area contributed by atoms with Gasteiger partial charge in [-0.05, 0) is 31.0 Å². The van der Waals surface area contributed by atoms with Crippen molar-refractivity contribution in [1.82, 2.24) is 19.9 Å². The van der Waals surface area contributed by atoms with Crippen LogP contribution in [0.4, 0.5) is 5.69 Å². The number of nitrogens with zero attached hydrogens (tertiary/aromatic N) is 5. The van der Waals surface area contributed by atoms with Crippen LogP contribution >= 0.6 is 0 Å². The van der Waals surface area contributed by atoms with Gasteiger partial charge in [0.05, 0.1) is 36.9 Å². The second-order valence-corrected chi connectivity index (χ2v) is 8.49. The monoisotopic (exact) mass is 465 g/mol. The van der Waals surface area contributed by atoms with Gasteiger partial charge in [-0.2, -0.15) is 0 Å². The molecule has 34 heavy (non-hydrogen) atoms.